The number of nitrogens with zero attached hydrogens (tertiary/aromatic N) is 1. The van der Waals surface area contributed by atoms with Gasteiger partial charge in [-0.1, -0.05) is 22.9 Å². The van der Waals surface area contributed by atoms with Gasteiger partial charge in [-0.05, 0) is 43.3 Å². The second kappa shape index (κ2) is 6.44. The monoisotopic (exact) mass is 348 g/mol. The van der Waals surface area contributed by atoms with Crippen LogP contribution in [-0.4, -0.2) is 22.7 Å². The number of ether oxygens (including phenoxy) is 1. The smallest absolute Gasteiger partial charge is 0.338 e. The number of carbonyl (C=O) groups excluding carboxylic acids is 1. The quantitative estimate of drug-likeness (QED) is 0.533. The number of fused-ring (bicyclic) bond motifs is 1. The first kappa shape index (κ1) is 15.6. The molecular formula is C16H13ClN2O3S. The Kier molecular flexibility index (Phi) is 4.36. The number of anilines is 2. The highest BCUT2D eigenvalue weighted by atomic mass is 35.5. The van der Waals surface area contributed by atoms with E-state index in [2.05, 4.69) is 10.3 Å². The summed E-state index contributed by atoms with van der Waals surface area (Å²) in [6.45, 7) is 2.11. The molecule has 118 valence electrons. The van der Waals surface area contributed by atoms with Gasteiger partial charge >= 0.3 is 5.97 Å². The second-order valence-corrected chi connectivity index (χ2v) is 6.15. The average Bonchev–Trinajstić information content (AvgIpc) is 2.92. The first-order valence-corrected chi connectivity index (χ1v) is 8.09. The van der Waals surface area contributed by atoms with E-state index in [0.29, 0.717) is 17.3 Å². The van der Waals surface area contributed by atoms with Crippen LogP contribution >= 0.6 is 22.9 Å². The van der Waals surface area contributed by atoms with Crippen molar-refractivity contribution < 1.29 is 14.6 Å². The van der Waals surface area contributed by atoms with E-state index in [1.165, 1.54) is 17.4 Å². The number of halogens is 1. The third-order valence-electron chi connectivity index (χ3n) is 3.10. The number of esters is 1. The van der Waals surface area contributed by atoms with Crippen molar-refractivity contribution >= 4 is 49.9 Å². The summed E-state index contributed by atoms with van der Waals surface area (Å²) in [7, 11) is 0. The predicted molar refractivity (Wildman–Crippen MR) is 92.0 cm³/mol. The molecule has 0 amide bonds. The lowest BCUT2D eigenvalue weighted by Gasteiger charge is -2.03. The van der Waals surface area contributed by atoms with Crippen molar-refractivity contribution in [3.05, 3.63) is 47.0 Å². The number of hydrogen-bond donors (Lipinski definition) is 2. The Hall–Kier alpha value is -2.31. The van der Waals surface area contributed by atoms with Gasteiger partial charge in [-0.15, -0.1) is 0 Å². The SMILES string of the molecule is CCOC(=O)c1ccc2nc(Nc3ccc(O)c(Cl)c3)sc2c1. The van der Waals surface area contributed by atoms with Gasteiger partial charge in [0.2, 0.25) is 0 Å². The summed E-state index contributed by atoms with van der Waals surface area (Å²) in [6, 6.07) is 10.1. The molecule has 2 aromatic carbocycles. The van der Waals surface area contributed by atoms with Gasteiger partial charge in [-0.3, -0.25) is 0 Å². The third-order valence-corrected chi connectivity index (χ3v) is 4.33. The minimum absolute atomic E-state index is 0.0283. The largest absolute Gasteiger partial charge is 0.506 e. The average molecular weight is 349 g/mol. The number of rotatable bonds is 4. The molecule has 0 aliphatic carbocycles. The Balaban J connectivity index is 1.87. The molecule has 0 saturated carbocycles. The molecule has 0 spiro atoms. The van der Waals surface area contributed by atoms with Crippen LogP contribution in [0.4, 0.5) is 10.8 Å². The first-order valence-electron chi connectivity index (χ1n) is 6.90. The van der Waals surface area contributed by atoms with Crippen LogP contribution in [0.3, 0.4) is 0 Å². The maximum atomic E-state index is 11.8. The molecule has 0 unspecified atom stereocenters. The topological polar surface area (TPSA) is 71.5 Å². The molecule has 0 aliphatic rings. The van der Waals surface area contributed by atoms with Crippen LogP contribution in [0.15, 0.2) is 36.4 Å². The zero-order valence-corrected chi connectivity index (χ0v) is 13.7. The molecule has 0 aliphatic heterocycles. The summed E-state index contributed by atoms with van der Waals surface area (Å²) < 4.78 is 5.87. The molecule has 0 bridgehead atoms. The standard InChI is InChI=1S/C16H13ClN2O3S/c1-2-22-15(21)9-3-5-12-14(7-9)23-16(19-12)18-10-4-6-13(20)11(17)8-10/h3-8,20H,2H2,1H3,(H,18,19). The van der Waals surface area contributed by atoms with Crippen LogP contribution in [0.5, 0.6) is 5.75 Å². The summed E-state index contributed by atoms with van der Waals surface area (Å²) in [4.78, 5) is 16.2. The number of aromatic nitrogens is 1. The maximum absolute atomic E-state index is 11.8. The fourth-order valence-corrected chi connectivity index (χ4v) is 3.13. The molecule has 0 radical (unpaired) electrons. The number of nitrogens with one attached hydrogen (secondary N) is 1. The molecule has 7 heteroatoms. The Morgan fingerprint density at radius 3 is 2.91 bits per heavy atom. The van der Waals surface area contributed by atoms with E-state index in [-0.39, 0.29) is 16.7 Å². The van der Waals surface area contributed by atoms with Gasteiger partial charge in [-0.25, -0.2) is 9.78 Å². The van der Waals surface area contributed by atoms with E-state index in [1.807, 2.05) is 0 Å². The zero-order chi connectivity index (χ0) is 16.4. The first-order chi connectivity index (χ1) is 11.1. The van der Waals surface area contributed by atoms with Crippen molar-refractivity contribution in [3.63, 3.8) is 0 Å². The van der Waals surface area contributed by atoms with Crippen LogP contribution in [-0.2, 0) is 4.74 Å². The molecule has 1 aromatic heterocycles. The molecule has 3 aromatic rings. The van der Waals surface area contributed by atoms with E-state index >= 15 is 0 Å². The van der Waals surface area contributed by atoms with Gasteiger partial charge in [0.15, 0.2) is 5.13 Å². The molecule has 0 fully saturated rings. The molecule has 23 heavy (non-hydrogen) atoms. The fourth-order valence-electron chi connectivity index (χ4n) is 2.03. The van der Waals surface area contributed by atoms with Gasteiger partial charge < -0.3 is 15.2 Å². The van der Waals surface area contributed by atoms with Crippen LogP contribution in [0.2, 0.25) is 5.02 Å². The number of phenolic OH excluding ortho intramolecular Hbond substituents is 1. The molecule has 0 saturated heterocycles. The number of carbonyl (C=O) groups is 1. The highest BCUT2D eigenvalue weighted by Gasteiger charge is 2.10. The van der Waals surface area contributed by atoms with Gasteiger partial charge in [0.1, 0.15) is 5.75 Å². The lowest BCUT2D eigenvalue weighted by molar-refractivity contribution is 0.0526. The fraction of sp³-hybridized carbons (Fsp3) is 0.125. The van der Waals surface area contributed by atoms with Crippen molar-refractivity contribution in [2.24, 2.45) is 0 Å². The van der Waals surface area contributed by atoms with Crippen molar-refractivity contribution in [2.75, 3.05) is 11.9 Å². The van der Waals surface area contributed by atoms with Crippen LogP contribution in [0.25, 0.3) is 10.2 Å². The molecule has 2 N–H and O–H groups in total. The molecule has 1 heterocycles. The number of aromatic hydroxyl groups is 1. The lowest BCUT2D eigenvalue weighted by atomic mass is 10.2. The summed E-state index contributed by atoms with van der Waals surface area (Å²) in [5.41, 5.74) is 2.01. The number of phenols is 1. The highest BCUT2D eigenvalue weighted by molar-refractivity contribution is 7.22. The van der Waals surface area contributed by atoms with E-state index in [0.717, 1.165) is 15.9 Å². The summed E-state index contributed by atoms with van der Waals surface area (Å²) in [6.07, 6.45) is 0. The Morgan fingerprint density at radius 1 is 1.35 bits per heavy atom. The van der Waals surface area contributed by atoms with Crippen molar-refractivity contribution in [3.8, 4) is 5.75 Å². The second-order valence-electron chi connectivity index (χ2n) is 4.71. The summed E-state index contributed by atoms with van der Waals surface area (Å²) in [5, 5.41) is 13.5. The summed E-state index contributed by atoms with van der Waals surface area (Å²) >= 11 is 7.30. The van der Waals surface area contributed by atoms with E-state index in [9.17, 15) is 9.90 Å². The zero-order valence-electron chi connectivity index (χ0n) is 12.2. The van der Waals surface area contributed by atoms with E-state index in [1.54, 1.807) is 37.3 Å². The maximum Gasteiger partial charge on any atom is 0.338 e. The van der Waals surface area contributed by atoms with Gasteiger partial charge in [0.25, 0.3) is 0 Å². The minimum Gasteiger partial charge on any atom is -0.506 e. The predicted octanol–water partition coefficient (Wildman–Crippen LogP) is 4.58. The van der Waals surface area contributed by atoms with E-state index in [4.69, 9.17) is 16.3 Å². The van der Waals surface area contributed by atoms with Crippen LogP contribution in [0, 0.1) is 0 Å². The van der Waals surface area contributed by atoms with Crippen LogP contribution < -0.4 is 5.32 Å². The number of benzene rings is 2. The Morgan fingerprint density at radius 2 is 2.17 bits per heavy atom. The lowest BCUT2D eigenvalue weighted by Crippen LogP contribution is -2.03. The van der Waals surface area contributed by atoms with Crippen molar-refractivity contribution in [2.45, 2.75) is 6.92 Å². The highest BCUT2D eigenvalue weighted by Crippen LogP contribution is 2.32. The Labute approximate surface area is 141 Å². The number of hydrogen-bond acceptors (Lipinski definition) is 6. The summed E-state index contributed by atoms with van der Waals surface area (Å²) in [5.74, 6) is -0.316. The molecule has 0 atom stereocenters. The normalized spacial score (nSPS) is 10.7. The van der Waals surface area contributed by atoms with Crippen molar-refractivity contribution in [1.82, 2.24) is 4.98 Å². The number of thiazole rings is 1. The third kappa shape index (κ3) is 3.38. The van der Waals surface area contributed by atoms with Gasteiger partial charge in [-0.2, -0.15) is 0 Å². The molecular weight excluding hydrogens is 336 g/mol. The van der Waals surface area contributed by atoms with Gasteiger partial charge in [0, 0.05) is 5.69 Å². The van der Waals surface area contributed by atoms with Crippen molar-refractivity contribution in [1.29, 1.82) is 0 Å². The van der Waals surface area contributed by atoms with Crippen LogP contribution in [0.1, 0.15) is 17.3 Å². The molecule has 5 nitrogen and oxygen atoms in total. The Bertz CT molecular complexity index is 879. The van der Waals surface area contributed by atoms with E-state index < -0.39 is 0 Å². The minimum atomic E-state index is -0.345. The molecule has 3 rings (SSSR count). The van der Waals surface area contributed by atoms with Gasteiger partial charge in [0.05, 0.1) is 27.4 Å².